The van der Waals surface area contributed by atoms with Crippen molar-refractivity contribution in [2.24, 2.45) is 0 Å². The van der Waals surface area contributed by atoms with E-state index < -0.39 is 23.6 Å². The van der Waals surface area contributed by atoms with E-state index in [0.29, 0.717) is 0 Å². The van der Waals surface area contributed by atoms with Crippen LogP contribution in [0, 0.1) is 0 Å². The van der Waals surface area contributed by atoms with Crippen molar-refractivity contribution in [2.75, 3.05) is 7.11 Å². The Morgan fingerprint density at radius 3 is 2.85 bits per heavy atom. The molecule has 2 N–H and O–H groups in total. The third kappa shape index (κ3) is 2.11. The lowest BCUT2D eigenvalue weighted by molar-refractivity contribution is -0.175. The lowest BCUT2D eigenvalue weighted by atomic mass is 10.0. The summed E-state index contributed by atoms with van der Waals surface area (Å²) in [5.41, 5.74) is 2.49. The Balaban J connectivity index is 2.63. The molecule has 0 aliphatic carbocycles. The van der Waals surface area contributed by atoms with E-state index in [2.05, 4.69) is 10.2 Å². The highest BCUT2D eigenvalue weighted by molar-refractivity contribution is 6.23. The summed E-state index contributed by atoms with van der Waals surface area (Å²) in [5.74, 6) is -0.599. The number of aliphatic hydroxyl groups excluding tert-OH is 1. The summed E-state index contributed by atoms with van der Waals surface area (Å²) in [6.45, 7) is 1.70. The molecule has 5 nitrogen and oxygen atoms in total. The van der Waals surface area contributed by atoms with Gasteiger partial charge in [-0.25, -0.2) is 4.79 Å². The van der Waals surface area contributed by atoms with Crippen LogP contribution in [0.4, 0.5) is 0 Å². The normalized spacial score (nSPS) is 40.0. The molecule has 13 heavy (non-hydrogen) atoms. The molecule has 1 heterocycles. The standard InChI is InChI=1S/C7H12ClNO4/c1-3-5(10)4(8)6(13-9-3)7(11)12-2/h3-6,9-10H,1-2H3. The predicted octanol–water partition coefficient (Wildman–Crippen LogP) is -0.580. The quantitative estimate of drug-likeness (QED) is 0.447. The first-order valence-electron chi connectivity index (χ1n) is 3.89. The number of halogens is 1. The van der Waals surface area contributed by atoms with Gasteiger partial charge in [-0.1, -0.05) is 0 Å². The molecule has 1 aliphatic heterocycles. The fraction of sp³-hybridized carbons (Fsp3) is 0.857. The molecule has 1 saturated heterocycles. The van der Waals surface area contributed by atoms with Gasteiger partial charge in [0.25, 0.3) is 0 Å². The molecule has 0 aromatic heterocycles. The summed E-state index contributed by atoms with van der Waals surface area (Å²) >= 11 is 5.79. The number of methoxy groups -OCH3 is 1. The molecule has 1 rings (SSSR count). The molecule has 1 fully saturated rings. The molecule has 0 radical (unpaired) electrons. The number of hydrogen-bond donors (Lipinski definition) is 2. The van der Waals surface area contributed by atoms with Crippen LogP contribution in [0.5, 0.6) is 0 Å². The largest absolute Gasteiger partial charge is 0.467 e. The Hall–Kier alpha value is -0.360. The van der Waals surface area contributed by atoms with Crippen LogP contribution in [0.3, 0.4) is 0 Å². The first-order valence-corrected chi connectivity index (χ1v) is 4.32. The van der Waals surface area contributed by atoms with Gasteiger partial charge in [0.15, 0.2) is 6.10 Å². The van der Waals surface area contributed by atoms with E-state index in [1.807, 2.05) is 0 Å². The molecule has 1 aliphatic rings. The van der Waals surface area contributed by atoms with Gasteiger partial charge in [-0.05, 0) is 6.92 Å². The molecule has 0 aromatic rings. The molecule has 76 valence electrons. The predicted molar refractivity (Wildman–Crippen MR) is 45.1 cm³/mol. The van der Waals surface area contributed by atoms with E-state index in [4.69, 9.17) is 16.4 Å². The fourth-order valence-corrected chi connectivity index (χ4v) is 1.44. The number of esters is 1. The van der Waals surface area contributed by atoms with Crippen LogP contribution >= 0.6 is 11.6 Å². The van der Waals surface area contributed by atoms with Crippen LogP contribution in [0.2, 0.25) is 0 Å². The zero-order valence-corrected chi connectivity index (χ0v) is 8.12. The fourth-order valence-electron chi connectivity index (χ4n) is 1.06. The maximum Gasteiger partial charge on any atom is 0.338 e. The topological polar surface area (TPSA) is 67.8 Å². The molecule has 0 aromatic carbocycles. The molecule has 4 atom stereocenters. The van der Waals surface area contributed by atoms with Gasteiger partial charge >= 0.3 is 5.97 Å². The molecule has 4 unspecified atom stereocenters. The zero-order valence-electron chi connectivity index (χ0n) is 7.36. The Bertz CT molecular complexity index is 201. The van der Waals surface area contributed by atoms with E-state index >= 15 is 0 Å². The van der Waals surface area contributed by atoms with Gasteiger partial charge in [0, 0.05) is 0 Å². The zero-order chi connectivity index (χ0) is 10.0. The van der Waals surface area contributed by atoms with Crippen LogP contribution < -0.4 is 5.48 Å². The van der Waals surface area contributed by atoms with Crippen molar-refractivity contribution >= 4 is 17.6 Å². The minimum absolute atomic E-state index is 0.302. The highest BCUT2D eigenvalue weighted by Gasteiger charge is 2.41. The SMILES string of the molecule is COC(=O)C1ONC(C)C(O)C1Cl. The second-order valence-electron chi connectivity index (χ2n) is 2.90. The van der Waals surface area contributed by atoms with Crippen molar-refractivity contribution in [3.8, 4) is 0 Å². The first-order chi connectivity index (χ1) is 6.07. The number of aliphatic hydroxyl groups is 1. The lowest BCUT2D eigenvalue weighted by Gasteiger charge is -2.34. The molecule has 0 bridgehead atoms. The minimum atomic E-state index is -0.960. The van der Waals surface area contributed by atoms with Gasteiger partial charge in [0.1, 0.15) is 5.38 Å². The average Bonchev–Trinajstić information content (AvgIpc) is 2.13. The summed E-state index contributed by atoms with van der Waals surface area (Å²) in [6.07, 6.45) is -1.79. The van der Waals surface area contributed by atoms with Crippen molar-refractivity contribution in [1.82, 2.24) is 5.48 Å². The van der Waals surface area contributed by atoms with Gasteiger partial charge in [-0.15, -0.1) is 11.6 Å². The maximum atomic E-state index is 11.0. The lowest BCUT2D eigenvalue weighted by Crippen LogP contribution is -2.57. The number of ether oxygens (including phenoxy) is 1. The number of hydrogen-bond acceptors (Lipinski definition) is 5. The third-order valence-corrected chi connectivity index (χ3v) is 2.43. The van der Waals surface area contributed by atoms with Crippen LogP contribution in [0.25, 0.3) is 0 Å². The monoisotopic (exact) mass is 209 g/mol. The van der Waals surface area contributed by atoms with E-state index in [1.54, 1.807) is 6.92 Å². The maximum absolute atomic E-state index is 11.0. The minimum Gasteiger partial charge on any atom is -0.467 e. The van der Waals surface area contributed by atoms with E-state index in [9.17, 15) is 9.90 Å². The molecule has 0 amide bonds. The summed E-state index contributed by atoms with van der Waals surface area (Å²) in [7, 11) is 1.24. The van der Waals surface area contributed by atoms with Crippen LogP contribution in [-0.4, -0.2) is 41.8 Å². The Morgan fingerprint density at radius 1 is 1.69 bits per heavy atom. The molecule has 0 spiro atoms. The second kappa shape index (κ2) is 4.23. The Labute approximate surface area is 80.9 Å². The average molecular weight is 210 g/mol. The summed E-state index contributed by atoms with van der Waals surface area (Å²) in [5, 5.41) is 8.69. The number of alkyl halides is 1. The van der Waals surface area contributed by atoms with Gasteiger partial charge < -0.3 is 9.84 Å². The molecular formula is C7H12ClNO4. The first kappa shape index (κ1) is 10.7. The number of nitrogens with one attached hydrogen (secondary N) is 1. The summed E-state index contributed by atoms with van der Waals surface area (Å²) in [6, 6.07) is -0.302. The van der Waals surface area contributed by atoms with Gasteiger partial charge in [-0.2, -0.15) is 5.48 Å². The number of rotatable bonds is 1. The number of hydroxylamine groups is 1. The Morgan fingerprint density at radius 2 is 2.31 bits per heavy atom. The highest BCUT2D eigenvalue weighted by atomic mass is 35.5. The van der Waals surface area contributed by atoms with Crippen molar-refractivity contribution in [1.29, 1.82) is 0 Å². The molecular weight excluding hydrogens is 198 g/mol. The van der Waals surface area contributed by atoms with Crippen molar-refractivity contribution in [3.05, 3.63) is 0 Å². The van der Waals surface area contributed by atoms with Crippen molar-refractivity contribution in [2.45, 2.75) is 30.6 Å². The van der Waals surface area contributed by atoms with E-state index in [1.165, 1.54) is 7.11 Å². The highest BCUT2D eigenvalue weighted by Crippen LogP contribution is 2.19. The molecule has 6 heteroatoms. The van der Waals surface area contributed by atoms with Crippen LogP contribution in [0.15, 0.2) is 0 Å². The van der Waals surface area contributed by atoms with Crippen LogP contribution in [0.1, 0.15) is 6.92 Å². The van der Waals surface area contributed by atoms with E-state index in [-0.39, 0.29) is 6.04 Å². The third-order valence-electron chi connectivity index (χ3n) is 1.94. The van der Waals surface area contributed by atoms with E-state index in [0.717, 1.165) is 0 Å². The van der Waals surface area contributed by atoms with Crippen molar-refractivity contribution in [3.63, 3.8) is 0 Å². The summed E-state index contributed by atoms with van der Waals surface area (Å²) in [4.78, 5) is 16.0. The number of carbonyl (C=O) groups is 1. The second-order valence-corrected chi connectivity index (χ2v) is 3.41. The van der Waals surface area contributed by atoms with Gasteiger partial charge in [0.05, 0.1) is 19.3 Å². The smallest absolute Gasteiger partial charge is 0.338 e. The molecule has 0 saturated carbocycles. The number of carbonyl (C=O) groups excluding carboxylic acids is 1. The summed E-state index contributed by atoms with van der Waals surface area (Å²) < 4.78 is 4.44. The van der Waals surface area contributed by atoms with Crippen molar-refractivity contribution < 1.29 is 19.5 Å². The Kier molecular flexibility index (Phi) is 3.49. The van der Waals surface area contributed by atoms with Gasteiger partial charge in [-0.3, -0.25) is 4.84 Å². The van der Waals surface area contributed by atoms with Gasteiger partial charge in [0.2, 0.25) is 0 Å². The van der Waals surface area contributed by atoms with Crippen LogP contribution in [-0.2, 0) is 14.4 Å².